The van der Waals surface area contributed by atoms with Crippen LogP contribution in [-0.4, -0.2) is 18.9 Å². The van der Waals surface area contributed by atoms with Crippen LogP contribution in [0.15, 0.2) is 23.4 Å². The molecule has 0 fully saturated rings. The molecular formula is C11H18N2O2S. The maximum atomic E-state index is 12.1. The van der Waals surface area contributed by atoms with Crippen molar-refractivity contribution in [3.63, 3.8) is 0 Å². The summed E-state index contributed by atoms with van der Waals surface area (Å²) in [4.78, 5) is 3.95. The lowest BCUT2D eigenvalue weighted by Crippen LogP contribution is -2.41. The van der Waals surface area contributed by atoms with Crippen LogP contribution in [0.5, 0.6) is 0 Å². The van der Waals surface area contributed by atoms with Gasteiger partial charge in [0.1, 0.15) is 0 Å². The molecule has 0 atom stereocenters. The van der Waals surface area contributed by atoms with Gasteiger partial charge in [0.2, 0.25) is 0 Å². The third-order valence-corrected chi connectivity index (χ3v) is 3.68. The predicted octanol–water partition coefficient (Wildman–Crippen LogP) is 1.72. The summed E-state index contributed by atoms with van der Waals surface area (Å²) in [7, 11) is -3.52. The Morgan fingerprint density at radius 3 is 2.50 bits per heavy atom. The van der Waals surface area contributed by atoms with E-state index in [9.17, 15) is 8.42 Å². The third kappa shape index (κ3) is 3.28. The van der Waals surface area contributed by atoms with E-state index in [4.69, 9.17) is 0 Å². The van der Waals surface area contributed by atoms with Crippen LogP contribution in [0.4, 0.5) is 0 Å². The standard InChI is InChI=1S/C11H18N2O2S/c1-5-9-7-6-8-12-10(9)16(14,15)13-11(2,3)4/h6-8,13H,5H2,1-4H3. The zero-order valence-electron chi connectivity index (χ0n) is 10.1. The molecule has 1 heterocycles. The molecule has 1 rings (SSSR count). The van der Waals surface area contributed by atoms with E-state index in [2.05, 4.69) is 9.71 Å². The van der Waals surface area contributed by atoms with Gasteiger partial charge in [0.25, 0.3) is 10.0 Å². The summed E-state index contributed by atoms with van der Waals surface area (Å²) in [5.41, 5.74) is 0.237. The van der Waals surface area contributed by atoms with Crippen molar-refractivity contribution in [2.45, 2.75) is 44.7 Å². The fourth-order valence-electron chi connectivity index (χ4n) is 1.39. The minimum Gasteiger partial charge on any atom is -0.243 e. The first-order valence-electron chi connectivity index (χ1n) is 5.24. The highest BCUT2D eigenvalue weighted by Crippen LogP contribution is 2.15. The van der Waals surface area contributed by atoms with E-state index in [1.165, 1.54) is 6.20 Å². The van der Waals surface area contributed by atoms with E-state index in [1.54, 1.807) is 32.9 Å². The summed E-state index contributed by atoms with van der Waals surface area (Å²) in [6.07, 6.45) is 2.14. The highest BCUT2D eigenvalue weighted by atomic mass is 32.2. The molecule has 90 valence electrons. The highest BCUT2D eigenvalue weighted by Gasteiger charge is 2.24. The molecule has 4 nitrogen and oxygen atoms in total. The van der Waals surface area contributed by atoms with Crippen molar-refractivity contribution in [1.29, 1.82) is 0 Å². The minimum atomic E-state index is -3.52. The Labute approximate surface area is 97.2 Å². The Hall–Kier alpha value is -0.940. The SMILES string of the molecule is CCc1cccnc1S(=O)(=O)NC(C)(C)C. The maximum absolute atomic E-state index is 12.1. The van der Waals surface area contributed by atoms with E-state index in [0.717, 1.165) is 5.56 Å². The van der Waals surface area contributed by atoms with Crippen LogP contribution in [-0.2, 0) is 16.4 Å². The van der Waals surface area contributed by atoms with Crippen LogP contribution in [0.1, 0.15) is 33.3 Å². The van der Waals surface area contributed by atoms with Crippen LogP contribution < -0.4 is 4.72 Å². The molecule has 5 heteroatoms. The molecule has 0 unspecified atom stereocenters. The summed E-state index contributed by atoms with van der Waals surface area (Å²) < 4.78 is 26.7. The van der Waals surface area contributed by atoms with Crippen LogP contribution in [0.25, 0.3) is 0 Å². The van der Waals surface area contributed by atoms with Gasteiger partial charge >= 0.3 is 0 Å². The zero-order chi connectivity index (χ0) is 12.4. The average Bonchev–Trinajstić information content (AvgIpc) is 2.14. The summed E-state index contributed by atoms with van der Waals surface area (Å²) in [6, 6.07) is 3.53. The fraction of sp³-hybridized carbons (Fsp3) is 0.545. The summed E-state index contributed by atoms with van der Waals surface area (Å²) in [6.45, 7) is 7.32. The van der Waals surface area contributed by atoms with Crippen molar-refractivity contribution in [1.82, 2.24) is 9.71 Å². The van der Waals surface area contributed by atoms with Crippen LogP contribution in [0, 0.1) is 0 Å². The van der Waals surface area contributed by atoms with Crippen molar-refractivity contribution >= 4 is 10.0 Å². The fourth-order valence-corrected chi connectivity index (χ4v) is 3.05. The van der Waals surface area contributed by atoms with Crippen LogP contribution >= 0.6 is 0 Å². The number of sulfonamides is 1. The van der Waals surface area contributed by atoms with Gasteiger partial charge in [-0.15, -0.1) is 0 Å². The van der Waals surface area contributed by atoms with E-state index in [-0.39, 0.29) is 5.03 Å². The molecule has 0 aliphatic carbocycles. The van der Waals surface area contributed by atoms with Gasteiger partial charge in [0, 0.05) is 11.7 Å². The number of aromatic nitrogens is 1. The van der Waals surface area contributed by atoms with Crippen molar-refractivity contribution < 1.29 is 8.42 Å². The smallest absolute Gasteiger partial charge is 0.243 e. The number of pyridine rings is 1. The Morgan fingerprint density at radius 1 is 1.38 bits per heavy atom. The van der Waals surface area contributed by atoms with Crippen LogP contribution in [0.2, 0.25) is 0 Å². The average molecular weight is 242 g/mol. The topological polar surface area (TPSA) is 59.1 Å². The lowest BCUT2D eigenvalue weighted by atomic mass is 10.1. The molecule has 0 spiro atoms. The second-order valence-electron chi connectivity index (χ2n) is 4.68. The molecular weight excluding hydrogens is 224 g/mol. The van der Waals surface area contributed by atoms with E-state index >= 15 is 0 Å². The number of nitrogens with zero attached hydrogens (tertiary/aromatic N) is 1. The molecule has 0 radical (unpaired) electrons. The summed E-state index contributed by atoms with van der Waals surface area (Å²) in [5, 5.41) is 0.132. The van der Waals surface area contributed by atoms with Gasteiger partial charge in [-0.3, -0.25) is 0 Å². The molecule has 0 aromatic carbocycles. The molecule has 1 aromatic rings. The zero-order valence-corrected chi connectivity index (χ0v) is 10.9. The first-order chi connectivity index (χ1) is 7.26. The lowest BCUT2D eigenvalue weighted by molar-refractivity contribution is 0.489. The Balaban J connectivity index is 3.17. The van der Waals surface area contributed by atoms with E-state index in [0.29, 0.717) is 6.42 Å². The summed E-state index contributed by atoms with van der Waals surface area (Å²) in [5.74, 6) is 0. The van der Waals surface area contributed by atoms with Gasteiger partial charge in [0.15, 0.2) is 5.03 Å². The quantitative estimate of drug-likeness (QED) is 0.878. The molecule has 1 N–H and O–H groups in total. The van der Waals surface area contributed by atoms with Crippen molar-refractivity contribution in [2.24, 2.45) is 0 Å². The number of rotatable bonds is 3. The number of nitrogens with one attached hydrogen (secondary N) is 1. The number of aryl methyl sites for hydroxylation is 1. The Bertz CT molecular complexity index is 461. The lowest BCUT2D eigenvalue weighted by Gasteiger charge is -2.20. The predicted molar refractivity (Wildman–Crippen MR) is 63.7 cm³/mol. The Kier molecular flexibility index (Phi) is 3.70. The largest absolute Gasteiger partial charge is 0.258 e. The van der Waals surface area contributed by atoms with E-state index in [1.807, 2.05) is 6.92 Å². The second kappa shape index (κ2) is 4.51. The molecule has 0 aliphatic heterocycles. The normalized spacial score (nSPS) is 12.8. The molecule has 16 heavy (non-hydrogen) atoms. The molecule has 0 saturated carbocycles. The first-order valence-corrected chi connectivity index (χ1v) is 6.72. The van der Waals surface area contributed by atoms with Crippen molar-refractivity contribution in [2.75, 3.05) is 0 Å². The van der Waals surface area contributed by atoms with Gasteiger partial charge in [-0.05, 0) is 38.8 Å². The monoisotopic (exact) mass is 242 g/mol. The third-order valence-electron chi connectivity index (χ3n) is 1.93. The van der Waals surface area contributed by atoms with Crippen molar-refractivity contribution in [3.8, 4) is 0 Å². The molecule has 1 aromatic heterocycles. The van der Waals surface area contributed by atoms with E-state index < -0.39 is 15.6 Å². The van der Waals surface area contributed by atoms with Gasteiger partial charge in [-0.25, -0.2) is 18.1 Å². The van der Waals surface area contributed by atoms with Crippen LogP contribution in [0.3, 0.4) is 0 Å². The number of hydrogen-bond donors (Lipinski definition) is 1. The Morgan fingerprint density at radius 2 is 2.00 bits per heavy atom. The van der Waals surface area contributed by atoms with Gasteiger partial charge in [-0.2, -0.15) is 0 Å². The van der Waals surface area contributed by atoms with Gasteiger partial charge in [-0.1, -0.05) is 13.0 Å². The number of hydrogen-bond acceptors (Lipinski definition) is 3. The van der Waals surface area contributed by atoms with Gasteiger partial charge < -0.3 is 0 Å². The minimum absolute atomic E-state index is 0.132. The molecule has 0 bridgehead atoms. The maximum Gasteiger partial charge on any atom is 0.258 e. The highest BCUT2D eigenvalue weighted by molar-refractivity contribution is 7.89. The molecule has 0 aliphatic rings. The second-order valence-corrected chi connectivity index (χ2v) is 6.27. The summed E-state index contributed by atoms with van der Waals surface area (Å²) >= 11 is 0. The van der Waals surface area contributed by atoms with Gasteiger partial charge in [0.05, 0.1) is 0 Å². The first kappa shape index (κ1) is 13.1. The molecule has 0 saturated heterocycles. The van der Waals surface area contributed by atoms with Crippen molar-refractivity contribution in [3.05, 3.63) is 23.9 Å². The molecule has 0 amide bonds.